The molecule has 0 nitrogen and oxygen atoms in total. The Balaban J connectivity index is 1.99. The van der Waals surface area contributed by atoms with E-state index in [1.807, 2.05) is 6.92 Å². The highest BCUT2D eigenvalue weighted by atomic mass is 19.2. The zero-order valence-electron chi connectivity index (χ0n) is 15.8. The highest BCUT2D eigenvalue weighted by Crippen LogP contribution is 2.34. The van der Waals surface area contributed by atoms with E-state index < -0.39 is 11.6 Å². The fraction of sp³-hybridized carbons (Fsp3) is 0.565. The molecule has 1 atom stereocenters. The van der Waals surface area contributed by atoms with Crippen LogP contribution in [0.2, 0.25) is 0 Å². The Morgan fingerprint density at radius 1 is 1.12 bits per heavy atom. The van der Waals surface area contributed by atoms with Crippen molar-refractivity contribution in [1.29, 1.82) is 0 Å². The summed E-state index contributed by atoms with van der Waals surface area (Å²) in [6.07, 6.45) is 16.6. The van der Waals surface area contributed by atoms with Crippen molar-refractivity contribution in [1.82, 2.24) is 0 Å². The van der Waals surface area contributed by atoms with Crippen LogP contribution in [0.1, 0.15) is 82.8 Å². The van der Waals surface area contributed by atoms with Gasteiger partial charge < -0.3 is 0 Å². The van der Waals surface area contributed by atoms with Gasteiger partial charge in [0, 0.05) is 5.56 Å². The first-order valence-electron chi connectivity index (χ1n) is 9.94. The second-order valence-corrected chi connectivity index (χ2v) is 7.23. The van der Waals surface area contributed by atoms with E-state index >= 15 is 0 Å². The minimum Gasteiger partial charge on any atom is -0.203 e. The second kappa shape index (κ2) is 10.5. The van der Waals surface area contributed by atoms with Crippen molar-refractivity contribution in [3.05, 3.63) is 53.1 Å². The normalized spacial score (nSPS) is 17.9. The van der Waals surface area contributed by atoms with Crippen LogP contribution in [-0.4, -0.2) is 0 Å². The lowest BCUT2D eigenvalue weighted by Crippen LogP contribution is -2.07. The molecule has 0 amide bonds. The zero-order chi connectivity index (χ0) is 18.1. The molecule has 0 heterocycles. The van der Waals surface area contributed by atoms with Crippen LogP contribution in [0.3, 0.4) is 0 Å². The summed E-state index contributed by atoms with van der Waals surface area (Å²) in [5, 5.41) is 0. The summed E-state index contributed by atoms with van der Waals surface area (Å²) < 4.78 is 28.9. The number of hydrogen-bond donors (Lipinski definition) is 0. The molecule has 0 N–H and O–H groups in total. The van der Waals surface area contributed by atoms with Crippen LogP contribution in [0.25, 0.3) is 5.57 Å². The van der Waals surface area contributed by atoms with Gasteiger partial charge in [0.25, 0.3) is 0 Å². The third kappa shape index (κ3) is 5.80. The largest absolute Gasteiger partial charge is 0.203 e. The third-order valence-electron chi connectivity index (χ3n) is 5.30. The van der Waals surface area contributed by atoms with Crippen molar-refractivity contribution in [2.24, 2.45) is 5.92 Å². The van der Waals surface area contributed by atoms with Gasteiger partial charge in [-0.15, -0.1) is 0 Å². The van der Waals surface area contributed by atoms with Gasteiger partial charge in [0.05, 0.1) is 0 Å². The maximum Gasteiger partial charge on any atom is 0.166 e. The number of rotatable bonds is 9. The topological polar surface area (TPSA) is 0 Å². The van der Waals surface area contributed by atoms with Crippen molar-refractivity contribution < 1.29 is 8.78 Å². The van der Waals surface area contributed by atoms with E-state index in [-0.39, 0.29) is 0 Å². The third-order valence-corrected chi connectivity index (χ3v) is 5.30. The van der Waals surface area contributed by atoms with Crippen molar-refractivity contribution in [2.45, 2.75) is 78.1 Å². The monoisotopic (exact) mass is 346 g/mol. The first-order valence-corrected chi connectivity index (χ1v) is 9.94. The van der Waals surface area contributed by atoms with Crippen LogP contribution in [0.4, 0.5) is 8.78 Å². The molecule has 0 aromatic heterocycles. The molecule has 2 heteroatoms. The first kappa shape index (κ1) is 19.9. The Labute approximate surface area is 152 Å². The van der Waals surface area contributed by atoms with Crippen LogP contribution in [0.5, 0.6) is 0 Å². The van der Waals surface area contributed by atoms with Gasteiger partial charge in [0.1, 0.15) is 0 Å². The van der Waals surface area contributed by atoms with Gasteiger partial charge in [0.2, 0.25) is 0 Å². The summed E-state index contributed by atoms with van der Waals surface area (Å²) in [7, 11) is 0. The standard InChI is InChI=1S/C23H32F2/c1-3-5-7-9-11-20-16-17-21(23(25)22(20)24)19-14-12-18(13-15-19)10-8-6-4-2/h4,6,14,16-18H,3,5,7-13,15H2,1-2H3. The summed E-state index contributed by atoms with van der Waals surface area (Å²) in [4.78, 5) is 0. The van der Waals surface area contributed by atoms with Crippen molar-refractivity contribution in [3.63, 3.8) is 0 Å². The number of hydrogen-bond acceptors (Lipinski definition) is 0. The van der Waals surface area contributed by atoms with E-state index in [9.17, 15) is 8.78 Å². The summed E-state index contributed by atoms with van der Waals surface area (Å²) in [5.41, 5.74) is 1.98. The molecule has 1 aromatic carbocycles. The molecule has 2 rings (SSSR count). The summed E-state index contributed by atoms with van der Waals surface area (Å²) in [6, 6.07) is 3.58. The Hall–Kier alpha value is -1.44. The van der Waals surface area contributed by atoms with E-state index in [1.165, 1.54) is 6.42 Å². The molecule has 1 unspecified atom stereocenters. The molecule has 138 valence electrons. The molecule has 1 aliphatic rings. The zero-order valence-corrected chi connectivity index (χ0v) is 15.8. The highest BCUT2D eigenvalue weighted by molar-refractivity contribution is 5.67. The van der Waals surface area contributed by atoms with E-state index in [4.69, 9.17) is 0 Å². The van der Waals surface area contributed by atoms with Crippen LogP contribution in [0.15, 0.2) is 30.4 Å². The molecule has 1 aliphatic carbocycles. The SMILES string of the molecule is CC=CCCC1CC=C(c2ccc(CCCCCC)c(F)c2F)CC1. The fourth-order valence-corrected chi connectivity index (χ4v) is 3.67. The van der Waals surface area contributed by atoms with Gasteiger partial charge in [-0.25, -0.2) is 8.78 Å². The summed E-state index contributed by atoms with van der Waals surface area (Å²) in [5.74, 6) is -0.609. The Morgan fingerprint density at radius 2 is 1.96 bits per heavy atom. The molecule has 0 bridgehead atoms. The van der Waals surface area contributed by atoms with Crippen molar-refractivity contribution in [3.8, 4) is 0 Å². The lowest BCUT2D eigenvalue weighted by molar-refractivity contribution is 0.451. The van der Waals surface area contributed by atoms with E-state index in [1.54, 1.807) is 12.1 Å². The number of benzene rings is 1. The summed E-state index contributed by atoms with van der Waals surface area (Å²) >= 11 is 0. The van der Waals surface area contributed by atoms with Gasteiger partial charge in [-0.3, -0.25) is 0 Å². The molecule has 25 heavy (non-hydrogen) atoms. The number of allylic oxidation sites excluding steroid dienone is 4. The number of aryl methyl sites for hydroxylation is 1. The van der Waals surface area contributed by atoms with E-state index in [0.29, 0.717) is 23.5 Å². The molecule has 0 fully saturated rings. The maximum atomic E-state index is 14.5. The van der Waals surface area contributed by atoms with Crippen molar-refractivity contribution in [2.75, 3.05) is 0 Å². The molecule has 0 saturated carbocycles. The van der Waals surface area contributed by atoms with E-state index in [0.717, 1.165) is 56.9 Å². The molecule has 0 saturated heterocycles. The number of halogens is 2. The molecule has 0 aliphatic heterocycles. The van der Waals surface area contributed by atoms with Gasteiger partial charge >= 0.3 is 0 Å². The quantitative estimate of drug-likeness (QED) is 0.318. The van der Waals surface area contributed by atoms with Gasteiger partial charge in [0.15, 0.2) is 11.6 Å². The minimum absolute atomic E-state index is 0.474. The molecular formula is C23H32F2. The first-order chi connectivity index (χ1) is 12.2. The highest BCUT2D eigenvalue weighted by Gasteiger charge is 2.20. The average molecular weight is 347 g/mol. The van der Waals surface area contributed by atoms with E-state index in [2.05, 4.69) is 25.2 Å². The van der Waals surface area contributed by atoms with Crippen molar-refractivity contribution >= 4 is 5.57 Å². The second-order valence-electron chi connectivity index (χ2n) is 7.23. The Bertz CT molecular complexity index is 598. The average Bonchev–Trinajstić information content (AvgIpc) is 2.63. The predicted octanol–water partition coefficient (Wildman–Crippen LogP) is 7.63. The van der Waals surface area contributed by atoms with Crippen LogP contribution >= 0.6 is 0 Å². The smallest absolute Gasteiger partial charge is 0.166 e. The maximum absolute atomic E-state index is 14.5. The Kier molecular flexibility index (Phi) is 8.37. The molecular weight excluding hydrogens is 314 g/mol. The van der Waals surface area contributed by atoms with Gasteiger partial charge in [-0.2, -0.15) is 0 Å². The molecule has 0 radical (unpaired) electrons. The Morgan fingerprint density at radius 3 is 2.64 bits per heavy atom. The lowest BCUT2D eigenvalue weighted by Gasteiger charge is -2.22. The molecule has 1 aromatic rings. The fourth-order valence-electron chi connectivity index (χ4n) is 3.67. The van der Waals surface area contributed by atoms with Crippen LogP contribution in [-0.2, 0) is 6.42 Å². The lowest BCUT2D eigenvalue weighted by atomic mass is 9.84. The summed E-state index contributed by atoms with van der Waals surface area (Å²) in [6.45, 7) is 4.20. The number of unbranched alkanes of at least 4 members (excludes halogenated alkanes) is 3. The van der Waals surface area contributed by atoms with Crippen LogP contribution in [0, 0.1) is 17.6 Å². The minimum atomic E-state index is -0.647. The molecule has 0 spiro atoms. The van der Waals surface area contributed by atoms with Gasteiger partial charge in [-0.05, 0) is 68.9 Å². The van der Waals surface area contributed by atoms with Gasteiger partial charge in [-0.1, -0.05) is 56.5 Å². The van der Waals surface area contributed by atoms with Crippen LogP contribution < -0.4 is 0 Å². The predicted molar refractivity (Wildman–Crippen MR) is 104 cm³/mol.